The molecule has 1 fully saturated rings. The summed E-state index contributed by atoms with van der Waals surface area (Å²) < 4.78 is 0. The number of likely N-dealkylation sites (tertiary alicyclic amines) is 1. The topological polar surface area (TPSA) is 21.5 Å². The van der Waals surface area contributed by atoms with Gasteiger partial charge in [0.2, 0.25) is 0 Å². The number of Topliss-reactive ketones (excluding diaryl/α,β-unsaturated/α-hetero) is 1. The number of hydrogen-bond donors (Lipinski definition) is 1. The maximum absolute atomic E-state index is 11.3. The summed E-state index contributed by atoms with van der Waals surface area (Å²) in [5.41, 5.74) is 0. The van der Waals surface area contributed by atoms with Gasteiger partial charge in [-0.3, -0.25) is 4.79 Å². The van der Waals surface area contributed by atoms with Crippen LogP contribution in [0, 0.1) is 5.92 Å². The molecule has 0 radical (unpaired) electrons. The summed E-state index contributed by atoms with van der Waals surface area (Å²) in [5.74, 6) is 0.730. The first kappa shape index (κ1) is 8.72. The quantitative estimate of drug-likeness (QED) is 0.562. The summed E-state index contributed by atoms with van der Waals surface area (Å²) in [6.45, 7) is 8.62. The Kier molecular flexibility index (Phi) is 2.66. The van der Waals surface area contributed by atoms with Gasteiger partial charge in [0.15, 0.2) is 0 Å². The zero-order chi connectivity index (χ0) is 8.43. The Bertz CT molecular complexity index is 156. The van der Waals surface area contributed by atoms with E-state index >= 15 is 0 Å². The minimum Gasteiger partial charge on any atom is -0.332 e. The van der Waals surface area contributed by atoms with E-state index in [2.05, 4.69) is 20.8 Å². The van der Waals surface area contributed by atoms with Gasteiger partial charge in [-0.15, -0.1) is 0 Å². The normalized spacial score (nSPS) is 39.2. The molecule has 64 valence electrons. The van der Waals surface area contributed by atoms with Crippen LogP contribution in [-0.4, -0.2) is 24.9 Å². The number of hydrogen-bond acceptors (Lipinski definition) is 1. The van der Waals surface area contributed by atoms with Crippen LogP contribution < -0.4 is 4.90 Å². The third-order valence-corrected chi connectivity index (χ3v) is 3.05. The van der Waals surface area contributed by atoms with Crippen molar-refractivity contribution in [3.8, 4) is 0 Å². The summed E-state index contributed by atoms with van der Waals surface area (Å²) in [6, 6.07) is 0.529. The summed E-state index contributed by atoms with van der Waals surface area (Å²) in [6.07, 6.45) is 0.786. The van der Waals surface area contributed by atoms with E-state index in [1.165, 1.54) is 0 Å². The van der Waals surface area contributed by atoms with Gasteiger partial charge in [-0.25, -0.2) is 0 Å². The molecule has 1 N–H and O–H groups in total. The van der Waals surface area contributed by atoms with Crippen LogP contribution >= 0.6 is 0 Å². The van der Waals surface area contributed by atoms with Crippen molar-refractivity contribution in [3.63, 3.8) is 0 Å². The van der Waals surface area contributed by atoms with Crippen molar-refractivity contribution in [3.05, 3.63) is 0 Å². The van der Waals surface area contributed by atoms with E-state index in [9.17, 15) is 4.79 Å². The predicted molar refractivity (Wildman–Crippen MR) is 44.6 cm³/mol. The van der Waals surface area contributed by atoms with Crippen molar-refractivity contribution >= 4 is 5.78 Å². The van der Waals surface area contributed by atoms with Crippen LogP contribution in [0.1, 0.15) is 27.2 Å². The predicted octanol–water partition coefficient (Wildman–Crippen LogP) is -0.111. The van der Waals surface area contributed by atoms with Gasteiger partial charge in [0, 0.05) is 0 Å². The first-order valence-electron chi connectivity index (χ1n) is 4.54. The second kappa shape index (κ2) is 3.35. The van der Waals surface area contributed by atoms with E-state index in [0.29, 0.717) is 11.8 Å². The highest BCUT2D eigenvalue weighted by Crippen LogP contribution is 2.07. The molecule has 1 heterocycles. The maximum atomic E-state index is 11.3. The molecule has 1 rings (SSSR count). The average Bonchev–Trinajstić information content (AvgIpc) is 2.01. The molecule has 1 unspecified atom stereocenters. The Morgan fingerprint density at radius 1 is 1.55 bits per heavy atom. The second-order valence-electron chi connectivity index (χ2n) is 3.56. The average molecular weight is 156 g/mol. The molecular formula is C9H18NO+. The molecule has 2 nitrogen and oxygen atoms in total. The lowest BCUT2D eigenvalue weighted by Gasteiger charge is -2.32. The molecule has 2 heteroatoms. The summed E-state index contributed by atoms with van der Waals surface area (Å²) >= 11 is 0. The minimum atomic E-state index is 0.277. The number of rotatable bonds is 1. The minimum absolute atomic E-state index is 0.277. The number of quaternary nitrogens is 1. The van der Waals surface area contributed by atoms with E-state index in [0.717, 1.165) is 19.5 Å². The van der Waals surface area contributed by atoms with Gasteiger partial charge in [0.25, 0.3) is 0 Å². The zero-order valence-electron chi connectivity index (χ0n) is 7.68. The Hall–Kier alpha value is -0.370. The van der Waals surface area contributed by atoms with Crippen LogP contribution in [0.15, 0.2) is 0 Å². The molecule has 1 aliphatic rings. The lowest BCUT2D eigenvalue weighted by atomic mass is 9.91. The van der Waals surface area contributed by atoms with Crippen molar-refractivity contribution in [2.45, 2.75) is 33.2 Å². The lowest BCUT2D eigenvalue weighted by molar-refractivity contribution is -0.926. The highest BCUT2D eigenvalue weighted by atomic mass is 16.1. The van der Waals surface area contributed by atoms with E-state index < -0.39 is 0 Å². The molecule has 0 spiro atoms. The molecule has 11 heavy (non-hydrogen) atoms. The summed E-state index contributed by atoms with van der Waals surface area (Å²) in [4.78, 5) is 12.8. The number of nitrogens with one attached hydrogen (secondary N) is 1. The molecule has 1 aliphatic heterocycles. The maximum Gasteiger partial charge on any atom is 0.147 e. The van der Waals surface area contributed by atoms with Crippen LogP contribution in [-0.2, 0) is 4.79 Å². The van der Waals surface area contributed by atoms with Crippen LogP contribution in [0.4, 0.5) is 0 Å². The molecule has 0 saturated carbocycles. The molecule has 0 aliphatic carbocycles. The fourth-order valence-corrected chi connectivity index (χ4v) is 1.87. The van der Waals surface area contributed by atoms with Gasteiger partial charge in [-0.05, 0) is 20.8 Å². The second-order valence-corrected chi connectivity index (χ2v) is 3.56. The van der Waals surface area contributed by atoms with E-state index in [-0.39, 0.29) is 5.92 Å². The van der Waals surface area contributed by atoms with Crippen LogP contribution in [0.25, 0.3) is 0 Å². The van der Waals surface area contributed by atoms with Crippen LogP contribution in [0.2, 0.25) is 0 Å². The fraction of sp³-hybridized carbons (Fsp3) is 0.889. The SMILES string of the molecule is CC[NH+]1CCC(=O)[C@@H](C)[C@@H]1C. The molecule has 0 amide bonds. The first-order chi connectivity index (χ1) is 5.16. The number of ketones is 1. The largest absolute Gasteiger partial charge is 0.332 e. The zero-order valence-corrected chi connectivity index (χ0v) is 7.68. The van der Waals surface area contributed by atoms with E-state index in [1.807, 2.05) is 0 Å². The molecule has 0 aromatic heterocycles. The highest BCUT2D eigenvalue weighted by molar-refractivity contribution is 5.81. The van der Waals surface area contributed by atoms with Crippen molar-refractivity contribution in [2.75, 3.05) is 13.1 Å². The smallest absolute Gasteiger partial charge is 0.147 e. The first-order valence-corrected chi connectivity index (χ1v) is 4.54. The number of carbonyl (C=O) groups is 1. The van der Waals surface area contributed by atoms with Crippen molar-refractivity contribution in [1.29, 1.82) is 0 Å². The van der Waals surface area contributed by atoms with Gasteiger partial charge < -0.3 is 4.90 Å². The van der Waals surface area contributed by atoms with Gasteiger partial charge in [0.1, 0.15) is 5.78 Å². The Balaban J connectivity index is 2.59. The molecule has 0 bridgehead atoms. The molecule has 3 atom stereocenters. The standard InChI is InChI=1S/C9H17NO/c1-4-10-6-5-9(11)7(2)8(10)3/h7-8H,4-6H2,1-3H3/p+1/t7-,8-/m0/s1. The Labute approximate surface area is 68.6 Å². The summed E-state index contributed by atoms with van der Waals surface area (Å²) in [5, 5.41) is 0. The van der Waals surface area contributed by atoms with Crippen LogP contribution in [0.5, 0.6) is 0 Å². The lowest BCUT2D eigenvalue weighted by Crippen LogP contribution is -3.17. The van der Waals surface area contributed by atoms with Crippen molar-refractivity contribution in [1.82, 2.24) is 0 Å². The Morgan fingerprint density at radius 3 is 2.73 bits per heavy atom. The highest BCUT2D eigenvalue weighted by Gasteiger charge is 2.32. The Morgan fingerprint density at radius 2 is 2.18 bits per heavy atom. The van der Waals surface area contributed by atoms with Gasteiger partial charge >= 0.3 is 0 Å². The fourth-order valence-electron chi connectivity index (χ4n) is 1.87. The molecule has 1 saturated heterocycles. The third-order valence-electron chi connectivity index (χ3n) is 3.05. The van der Waals surface area contributed by atoms with Gasteiger partial charge in [0.05, 0.1) is 31.5 Å². The third kappa shape index (κ3) is 1.62. The van der Waals surface area contributed by atoms with E-state index in [4.69, 9.17) is 0 Å². The number of carbonyl (C=O) groups excluding carboxylic acids is 1. The van der Waals surface area contributed by atoms with Gasteiger partial charge in [-0.2, -0.15) is 0 Å². The van der Waals surface area contributed by atoms with Crippen molar-refractivity contribution in [2.24, 2.45) is 5.92 Å². The molecule has 0 aromatic rings. The van der Waals surface area contributed by atoms with Gasteiger partial charge in [-0.1, -0.05) is 0 Å². The number of piperidine rings is 1. The van der Waals surface area contributed by atoms with Crippen LogP contribution in [0.3, 0.4) is 0 Å². The van der Waals surface area contributed by atoms with E-state index in [1.54, 1.807) is 4.90 Å². The van der Waals surface area contributed by atoms with Crippen molar-refractivity contribution < 1.29 is 9.69 Å². The molecular weight excluding hydrogens is 138 g/mol. The summed E-state index contributed by atoms with van der Waals surface area (Å²) in [7, 11) is 0. The monoisotopic (exact) mass is 156 g/mol. The molecule has 0 aromatic carbocycles.